The Morgan fingerprint density at radius 2 is 1.95 bits per heavy atom. The summed E-state index contributed by atoms with van der Waals surface area (Å²) in [6, 6.07) is 7.13. The molecule has 2 atom stereocenters. The maximum Gasteiger partial charge on any atom is 0.237 e. The van der Waals surface area contributed by atoms with E-state index in [0.717, 1.165) is 5.56 Å². The lowest BCUT2D eigenvalue weighted by Crippen LogP contribution is -2.29. The Balaban J connectivity index is 2.18. The lowest BCUT2D eigenvalue weighted by molar-refractivity contribution is -0.122. The van der Waals surface area contributed by atoms with Gasteiger partial charge in [0.15, 0.2) is 7.85 Å². The number of amides is 2. The van der Waals surface area contributed by atoms with Crippen molar-refractivity contribution in [3.8, 4) is 0 Å². The molecule has 0 saturated carbocycles. The minimum Gasteiger partial charge on any atom is -0.313 e. The van der Waals surface area contributed by atoms with E-state index in [4.69, 9.17) is 7.85 Å². The van der Waals surface area contributed by atoms with Crippen LogP contribution in [0.25, 0.3) is 0 Å². The highest BCUT2D eigenvalue weighted by molar-refractivity contribution is 6.57. The van der Waals surface area contributed by atoms with Crippen molar-refractivity contribution in [1.29, 1.82) is 0 Å². The fourth-order valence-corrected chi connectivity index (χ4v) is 2.43. The van der Waals surface area contributed by atoms with Gasteiger partial charge >= 0.3 is 0 Å². The van der Waals surface area contributed by atoms with Gasteiger partial charge < -0.3 is 4.79 Å². The summed E-state index contributed by atoms with van der Waals surface area (Å²) in [6.07, 6.45) is 0.538. The first-order valence-corrected chi connectivity index (χ1v) is 6.65. The number of benzene rings is 1. The average Bonchev–Trinajstić information content (AvgIpc) is 2.63. The molecular formula is C15H16BNO3. The summed E-state index contributed by atoms with van der Waals surface area (Å²) in [4.78, 5) is 35.9. The predicted molar refractivity (Wildman–Crippen MR) is 76.5 cm³/mol. The maximum atomic E-state index is 11.9. The first-order chi connectivity index (χ1) is 9.40. The van der Waals surface area contributed by atoms with E-state index in [-0.39, 0.29) is 42.2 Å². The molecule has 0 N–H and O–H groups in total. The molecule has 0 spiro atoms. The Bertz CT molecular complexity index is 553. The van der Waals surface area contributed by atoms with Crippen molar-refractivity contribution in [1.82, 2.24) is 0 Å². The van der Waals surface area contributed by atoms with Gasteiger partial charge in [0, 0.05) is 18.8 Å². The molecule has 102 valence electrons. The molecule has 2 radical (unpaired) electrons. The quantitative estimate of drug-likeness (QED) is 0.618. The second kappa shape index (κ2) is 5.61. The van der Waals surface area contributed by atoms with Crippen molar-refractivity contribution < 1.29 is 14.4 Å². The number of anilines is 1. The standard InChI is InChI=1S/C15H16BNO3/c1-9(7-13(16)18)11-3-5-12(6-4-11)17-14(19)8-10(2)15(17)20/h3-6,9-10H,7-8H2,1-2H3. The smallest absolute Gasteiger partial charge is 0.237 e. The Labute approximate surface area is 119 Å². The molecule has 0 aliphatic carbocycles. The van der Waals surface area contributed by atoms with E-state index >= 15 is 0 Å². The molecule has 1 fully saturated rings. The molecule has 1 aromatic rings. The Morgan fingerprint density at radius 1 is 1.35 bits per heavy atom. The fraction of sp³-hybridized carbons (Fsp3) is 0.400. The molecule has 2 rings (SSSR count). The molecule has 1 aromatic carbocycles. The highest BCUT2D eigenvalue weighted by atomic mass is 16.2. The van der Waals surface area contributed by atoms with Gasteiger partial charge in [-0.15, -0.1) is 0 Å². The number of carbonyl (C=O) groups excluding carboxylic acids is 3. The van der Waals surface area contributed by atoms with Crippen molar-refractivity contribution in [3.05, 3.63) is 29.8 Å². The Morgan fingerprint density at radius 3 is 2.40 bits per heavy atom. The van der Waals surface area contributed by atoms with Crippen LogP contribution in [0.5, 0.6) is 0 Å². The summed E-state index contributed by atoms with van der Waals surface area (Å²) in [7, 11) is 5.18. The molecule has 4 nitrogen and oxygen atoms in total. The molecule has 1 aliphatic heterocycles. The molecule has 2 unspecified atom stereocenters. The van der Waals surface area contributed by atoms with Crippen molar-refractivity contribution >= 4 is 31.0 Å². The van der Waals surface area contributed by atoms with Crippen LogP contribution in [0.4, 0.5) is 5.69 Å². The molecule has 1 heterocycles. The van der Waals surface area contributed by atoms with Crippen LogP contribution < -0.4 is 4.90 Å². The van der Waals surface area contributed by atoms with Crippen molar-refractivity contribution in [2.75, 3.05) is 4.90 Å². The van der Waals surface area contributed by atoms with Gasteiger partial charge in [-0.3, -0.25) is 14.5 Å². The molecular weight excluding hydrogens is 253 g/mol. The minimum atomic E-state index is -0.347. The molecule has 0 bridgehead atoms. The highest BCUT2D eigenvalue weighted by Gasteiger charge is 2.36. The number of imide groups is 1. The largest absolute Gasteiger partial charge is 0.313 e. The fourth-order valence-electron chi connectivity index (χ4n) is 2.43. The SMILES string of the molecule is [B]C(=O)CC(C)c1ccc(N2C(=O)CC(C)C2=O)cc1. The number of hydrogen-bond acceptors (Lipinski definition) is 3. The monoisotopic (exact) mass is 269 g/mol. The van der Waals surface area contributed by atoms with Crippen molar-refractivity contribution in [2.45, 2.75) is 32.6 Å². The van der Waals surface area contributed by atoms with Crippen LogP contribution in [0.1, 0.15) is 38.2 Å². The Kier molecular flexibility index (Phi) is 4.07. The summed E-state index contributed by atoms with van der Waals surface area (Å²) in [5, 5.41) is 0. The van der Waals surface area contributed by atoms with Gasteiger partial charge in [-0.05, 0) is 23.6 Å². The zero-order valence-electron chi connectivity index (χ0n) is 11.6. The van der Waals surface area contributed by atoms with Gasteiger partial charge in [0.05, 0.1) is 11.4 Å². The third-order valence-corrected chi connectivity index (χ3v) is 3.60. The van der Waals surface area contributed by atoms with Crippen LogP contribution in [-0.2, 0) is 14.4 Å². The van der Waals surface area contributed by atoms with Gasteiger partial charge in [-0.25, -0.2) is 0 Å². The van der Waals surface area contributed by atoms with E-state index in [1.165, 1.54) is 4.90 Å². The lowest BCUT2D eigenvalue weighted by Gasteiger charge is -2.16. The minimum absolute atomic E-state index is 0.0189. The topological polar surface area (TPSA) is 54.5 Å². The summed E-state index contributed by atoms with van der Waals surface area (Å²) >= 11 is 0. The molecule has 1 saturated heterocycles. The van der Waals surface area contributed by atoms with Gasteiger partial charge in [-0.1, -0.05) is 26.0 Å². The predicted octanol–water partition coefficient (Wildman–Crippen LogP) is 1.77. The summed E-state index contributed by atoms with van der Waals surface area (Å²) in [5.74, 6) is -0.560. The number of hydrogen-bond donors (Lipinski definition) is 0. The van der Waals surface area contributed by atoms with E-state index in [1.54, 1.807) is 19.1 Å². The Hall–Kier alpha value is -1.91. The summed E-state index contributed by atoms with van der Waals surface area (Å²) in [5.41, 5.74) is 1.19. The molecule has 20 heavy (non-hydrogen) atoms. The number of rotatable bonds is 4. The van der Waals surface area contributed by atoms with Gasteiger partial charge in [-0.2, -0.15) is 0 Å². The molecule has 2 amide bonds. The highest BCUT2D eigenvalue weighted by Crippen LogP contribution is 2.28. The second-order valence-electron chi connectivity index (χ2n) is 5.34. The third kappa shape index (κ3) is 2.81. The van der Waals surface area contributed by atoms with Crippen LogP contribution in [0.15, 0.2) is 24.3 Å². The lowest BCUT2D eigenvalue weighted by atomic mass is 9.88. The van der Waals surface area contributed by atoms with Crippen molar-refractivity contribution in [2.24, 2.45) is 5.92 Å². The van der Waals surface area contributed by atoms with E-state index in [2.05, 4.69) is 0 Å². The van der Waals surface area contributed by atoms with Crippen LogP contribution >= 0.6 is 0 Å². The van der Waals surface area contributed by atoms with Crippen LogP contribution in [0.3, 0.4) is 0 Å². The third-order valence-electron chi connectivity index (χ3n) is 3.60. The van der Waals surface area contributed by atoms with Crippen LogP contribution in [-0.4, -0.2) is 25.3 Å². The number of nitrogens with zero attached hydrogens (tertiary/aromatic N) is 1. The normalized spacial score (nSPS) is 20.3. The number of carbonyl (C=O) groups is 3. The zero-order valence-corrected chi connectivity index (χ0v) is 11.6. The molecule has 0 aromatic heterocycles. The van der Waals surface area contributed by atoms with E-state index < -0.39 is 0 Å². The van der Waals surface area contributed by atoms with Crippen LogP contribution in [0.2, 0.25) is 0 Å². The summed E-state index contributed by atoms with van der Waals surface area (Å²) in [6.45, 7) is 3.66. The van der Waals surface area contributed by atoms with Gasteiger partial charge in [0.1, 0.15) is 0 Å². The van der Waals surface area contributed by atoms with Gasteiger partial charge in [0.2, 0.25) is 11.8 Å². The second-order valence-corrected chi connectivity index (χ2v) is 5.34. The van der Waals surface area contributed by atoms with E-state index in [9.17, 15) is 14.4 Å². The van der Waals surface area contributed by atoms with E-state index in [0.29, 0.717) is 5.69 Å². The van der Waals surface area contributed by atoms with Crippen molar-refractivity contribution in [3.63, 3.8) is 0 Å². The van der Waals surface area contributed by atoms with E-state index in [1.807, 2.05) is 19.1 Å². The first-order valence-electron chi connectivity index (χ1n) is 6.65. The first kappa shape index (κ1) is 14.5. The summed E-state index contributed by atoms with van der Waals surface area (Å²) < 4.78 is 0. The maximum absolute atomic E-state index is 11.9. The van der Waals surface area contributed by atoms with Gasteiger partial charge in [0.25, 0.3) is 0 Å². The zero-order chi connectivity index (χ0) is 14.9. The van der Waals surface area contributed by atoms with Crippen LogP contribution in [0, 0.1) is 5.92 Å². The average molecular weight is 269 g/mol. The molecule has 1 aliphatic rings. The molecule has 5 heteroatoms.